The number of aromatic nitrogens is 1. The van der Waals surface area contributed by atoms with E-state index >= 15 is 0 Å². The van der Waals surface area contributed by atoms with Gasteiger partial charge < -0.3 is 20.3 Å². The fourth-order valence-corrected chi connectivity index (χ4v) is 2.68. The number of nitrogens with one attached hydrogen (secondary N) is 2. The number of hydrogen-bond donors (Lipinski definition) is 2. The van der Waals surface area contributed by atoms with Crippen LogP contribution < -0.4 is 16.2 Å². The molecular formula is C19H20N3O3+. The molecule has 0 saturated carbocycles. The number of hydrogen-bond acceptors (Lipinski definition) is 3. The van der Waals surface area contributed by atoms with Gasteiger partial charge in [0, 0.05) is 23.8 Å². The minimum absolute atomic E-state index is 0.0940. The molecule has 0 radical (unpaired) electrons. The number of aryl methyl sites for hydroxylation is 1. The lowest BCUT2D eigenvalue weighted by Crippen LogP contribution is -2.27. The van der Waals surface area contributed by atoms with Crippen molar-refractivity contribution in [1.82, 2.24) is 4.57 Å². The van der Waals surface area contributed by atoms with Gasteiger partial charge in [-0.05, 0) is 36.4 Å². The van der Waals surface area contributed by atoms with Gasteiger partial charge >= 0.3 is 0 Å². The molecule has 0 aliphatic carbocycles. The summed E-state index contributed by atoms with van der Waals surface area (Å²) < 4.78 is 1.48. The topological polar surface area (TPSA) is 86.0 Å². The Balaban J connectivity index is 2.00. The highest BCUT2D eigenvalue weighted by Gasteiger charge is 2.14. The van der Waals surface area contributed by atoms with Gasteiger partial charge in [0.1, 0.15) is 5.56 Å². The number of fused-ring (bicyclic) bond motifs is 1. The molecular weight excluding hydrogens is 318 g/mol. The van der Waals surface area contributed by atoms with Crippen LogP contribution in [0.3, 0.4) is 0 Å². The van der Waals surface area contributed by atoms with E-state index in [-0.39, 0.29) is 17.7 Å². The van der Waals surface area contributed by atoms with Crippen LogP contribution in [0, 0.1) is 0 Å². The monoisotopic (exact) mass is 338 g/mol. The van der Waals surface area contributed by atoms with Crippen LogP contribution in [-0.2, 0) is 7.05 Å². The zero-order valence-corrected chi connectivity index (χ0v) is 13.9. The number of amides is 1. The summed E-state index contributed by atoms with van der Waals surface area (Å²) in [5, 5.41) is 13.9. The summed E-state index contributed by atoms with van der Waals surface area (Å²) in [5.74, 6) is -0.432. The van der Waals surface area contributed by atoms with Crippen molar-refractivity contribution in [2.45, 2.75) is 0 Å². The number of anilines is 2. The Morgan fingerprint density at radius 3 is 2.56 bits per heavy atom. The van der Waals surface area contributed by atoms with E-state index in [0.29, 0.717) is 12.2 Å². The summed E-state index contributed by atoms with van der Waals surface area (Å²) in [6.45, 7) is 0.814. The lowest BCUT2D eigenvalue weighted by Gasteiger charge is -2.11. The zero-order valence-electron chi connectivity index (χ0n) is 13.9. The lowest BCUT2D eigenvalue weighted by molar-refractivity contribution is 0.102. The summed E-state index contributed by atoms with van der Waals surface area (Å²) in [6, 6.07) is 16.2. The van der Waals surface area contributed by atoms with Gasteiger partial charge in [-0.15, -0.1) is 0 Å². The zero-order chi connectivity index (χ0) is 17.8. The molecule has 0 saturated heterocycles. The number of carbonyl (C=O) groups excluding carboxylic acids is 1. The first kappa shape index (κ1) is 16.7. The minimum atomic E-state index is -0.432. The highest BCUT2D eigenvalue weighted by molar-refractivity contribution is 6.06. The molecule has 3 rings (SSSR count). The van der Waals surface area contributed by atoms with Crippen LogP contribution in [0.4, 0.5) is 11.4 Å². The number of benzene rings is 2. The first-order valence-electron chi connectivity index (χ1n) is 7.99. The second-order valence-corrected chi connectivity index (χ2v) is 5.69. The number of rotatable bonds is 5. The predicted molar refractivity (Wildman–Crippen MR) is 101 cm³/mol. The Hall–Kier alpha value is -3.12. The van der Waals surface area contributed by atoms with Crippen molar-refractivity contribution < 1.29 is 9.90 Å². The second-order valence-electron chi connectivity index (χ2n) is 5.69. The van der Waals surface area contributed by atoms with Gasteiger partial charge in [0.05, 0.1) is 12.1 Å². The van der Waals surface area contributed by atoms with Crippen molar-refractivity contribution >= 4 is 28.2 Å². The van der Waals surface area contributed by atoms with Gasteiger partial charge in [0.2, 0.25) is 0 Å². The summed E-state index contributed by atoms with van der Waals surface area (Å²) in [4.78, 5) is 25.1. The fraction of sp³-hybridized carbons (Fsp3) is 0.158. The molecule has 0 aliphatic rings. The van der Waals surface area contributed by atoms with E-state index in [9.17, 15) is 9.59 Å². The third-order valence-corrected chi connectivity index (χ3v) is 3.95. The minimum Gasteiger partial charge on any atom is -0.444 e. The summed E-state index contributed by atoms with van der Waals surface area (Å²) in [5.41, 5.74) is 2.00. The van der Waals surface area contributed by atoms with Crippen molar-refractivity contribution in [1.29, 1.82) is 0 Å². The summed E-state index contributed by atoms with van der Waals surface area (Å²) in [7, 11) is 1.65. The molecule has 6 heteroatoms. The molecule has 3 aromatic rings. The molecule has 128 valence electrons. The third-order valence-electron chi connectivity index (χ3n) is 3.95. The van der Waals surface area contributed by atoms with Crippen molar-refractivity contribution in [2.24, 2.45) is 7.05 Å². The molecule has 4 N–H and O–H groups in total. The van der Waals surface area contributed by atoms with Crippen LogP contribution in [-0.4, -0.2) is 28.7 Å². The van der Waals surface area contributed by atoms with Gasteiger partial charge in [-0.2, -0.15) is 0 Å². The second kappa shape index (κ2) is 7.19. The van der Waals surface area contributed by atoms with Gasteiger partial charge in [-0.25, -0.2) is 0 Å². The maximum atomic E-state index is 12.5. The molecule has 1 amide bonds. The Bertz CT molecular complexity index is 965. The molecule has 0 fully saturated rings. The van der Waals surface area contributed by atoms with Gasteiger partial charge in [-0.1, -0.05) is 18.2 Å². The standard InChI is InChI=1S/C19H19N3O3/c1-22-17-8-7-15(20-9-10-23)11-13(17)12-16(19(22)25)18(24)21-14-5-3-2-4-6-14/h2-8,11-12,20,23H,9-10H2,1H3,(H,21,24)/p+1. The van der Waals surface area contributed by atoms with Crippen molar-refractivity contribution in [2.75, 3.05) is 23.8 Å². The van der Waals surface area contributed by atoms with Crippen LogP contribution in [0.1, 0.15) is 10.4 Å². The quantitative estimate of drug-likeness (QED) is 0.697. The van der Waals surface area contributed by atoms with Gasteiger partial charge in [0.25, 0.3) is 11.5 Å². The highest BCUT2D eigenvalue weighted by Crippen LogP contribution is 2.19. The first-order valence-corrected chi connectivity index (χ1v) is 7.99. The Kier molecular flexibility index (Phi) is 4.81. The average molecular weight is 338 g/mol. The predicted octanol–water partition coefficient (Wildman–Crippen LogP) is 1.93. The molecule has 0 spiro atoms. The average Bonchev–Trinajstić information content (AvgIpc) is 2.63. The van der Waals surface area contributed by atoms with Crippen molar-refractivity contribution in [3.63, 3.8) is 0 Å². The molecule has 6 nitrogen and oxygen atoms in total. The molecule has 1 heterocycles. The third kappa shape index (κ3) is 3.54. The summed E-state index contributed by atoms with van der Waals surface area (Å²) >= 11 is 0. The van der Waals surface area contributed by atoms with Crippen LogP contribution in [0.15, 0.2) is 59.4 Å². The molecule has 0 unspecified atom stereocenters. The van der Waals surface area contributed by atoms with Crippen LogP contribution in [0.2, 0.25) is 0 Å². The van der Waals surface area contributed by atoms with Crippen LogP contribution >= 0.6 is 0 Å². The van der Waals surface area contributed by atoms with Crippen molar-refractivity contribution in [3.8, 4) is 0 Å². The SMILES string of the molecule is Cn1c(=O)c(C(=O)Nc2ccccc2)cc2cc(NCC[OH2+])ccc21. The highest BCUT2D eigenvalue weighted by atomic mass is 16.3. The Morgan fingerprint density at radius 1 is 1.08 bits per heavy atom. The van der Waals surface area contributed by atoms with E-state index in [1.165, 1.54) is 4.57 Å². The van der Waals surface area contributed by atoms with E-state index in [4.69, 9.17) is 5.11 Å². The Morgan fingerprint density at radius 2 is 1.84 bits per heavy atom. The van der Waals surface area contributed by atoms with E-state index in [2.05, 4.69) is 10.6 Å². The maximum Gasteiger partial charge on any atom is 0.263 e. The van der Waals surface area contributed by atoms with Crippen LogP contribution in [0.5, 0.6) is 0 Å². The molecule has 1 aromatic heterocycles. The number of para-hydroxylation sites is 1. The fourth-order valence-electron chi connectivity index (χ4n) is 2.68. The molecule has 25 heavy (non-hydrogen) atoms. The van der Waals surface area contributed by atoms with E-state index < -0.39 is 5.91 Å². The van der Waals surface area contributed by atoms with Crippen molar-refractivity contribution in [3.05, 3.63) is 70.5 Å². The first-order chi connectivity index (χ1) is 12.1. The number of nitrogens with zero attached hydrogens (tertiary/aromatic N) is 1. The Labute approximate surface area is 144 Å². The molecule has 0 atom stereocenters. The lowest BCUT2D eigenvalue weighted by atomic mass is 10.1. The van der Waals surface area contributed by atoms with E-state index in [0.717, 1.165) is 16.6 Å². The van der Waals surface area contributed by atoms with Gasteiger partial charge in [-0.3, -0.25) is 9.59 Å². The normalized spacial score (nSPS) is 10.6. The summed E-state index contributed by atoms with van der Waals surface area (Å²) in [6.07, 6.45) is 0. The maximum absolute atomic E-state index is 12.5. The van der Waals surface area contributed by atoms with Gasteiger partial charge in [0.15, 0.2) is 6.61 Å². The molecule has 2 aromatic carbocycles. The van der Waals surface area contributed by atoms with E-state index in [1.54, 1.807) is 25.2 Å². The smallest absolute Gasteiger partial charge is 0.263 e. The number of carbonyl (C=O) groups is 1. The largest absolute Gasteiger partial charge is 0.444 e. The molecule has 0 bridgehead atoms. The van der Waals surface area contributed by atoms with Crippen LogP contribution in [0.25, 0.3) is 10.9 Å². The molecule has 0 aliphatic heterocycles. The number of pyridine rings is 1. The van der Waals surface area contributed by atoms with E-state index in [1.807, 2.05) is 36.4 Å².